The molecular formula is C11H21NO2. The molecule has 2 rings (SSSR count). The SMILES string of the molecule is OCC(O)CN1CC2(CCCCC2)C1. The third-order valence-electron chi connectivity index (χ3n) is 3.71. The van der Waals surface area contributed by atoms with Gasteiger partial charge in [0.15, 0.2) is 0 Å². The zero-order valence-corrected chi connectivity index (χ0v) is 8.78. The molecule has 1 spiro atoms. The summed E-state index contributed by atoms with van der Waals surface area (Å²) in [6.07, 6.45) is 6.38. The van der Waals surface area contributed by atoms with Crippen LogP contribution in [0.3, 0.4) is 0 Å². The van der Waals surface area contributed by atoms with Crippen molar-refractivity contribution in [1.82, 2.24) is 4.90 Å². The molecular weight excluding hydrogens is 178 g/mol. The van der Waals surface area contributed by atoms with Crippen LogP contribution in [0.2, 0.25) is 0 Å². The Bertz CT molecular complexity index is 182. The van der Waals surface area contributed by atoms with Gasteiger partial charge in [0, 0.05) is 19.6 Å². The number of likely N-dealkylation sites (tertiary alicyclic amines) is 1. The van der Waals surface area contributed by atoms with Gasteiger partial charge in [-0.05, 0) is 18.3 Å². The topological polar surface area (TPSA) is 43.7 Å². The van der Waals surface area contributed by atoms with Crippen LogP contribution in [-0.4, -0.2) is 47.5 Å². The van der Waals surface area contributed by atoms with Crippen molar-refractivity contribution < 1.29 is 10.2 Å². The number of hydrogen-bond donors (Lipinski definition) is 2. The molecule has 1 atom stereocenters. The molecule has 3 nitrogen and oxygen atoms in total. The molecule has 1 saturated heterocycles. The highest BCUT2D eigenvalue weighted by Crippen LogP contribution is 2.43. The second-order valence-corrected chi connectivity index (χ2v) is 5.07. The molecule has 2 fully saturated rings. The van der Waals surface area contributed by atoms with E-state index >= 15 is 0 Å². The molecule has 0 radical (unpaired) electrons. The number of aliphatic hydroxyl groups is 2. The first-order chi connectivity index (χ1) is 6.74. The third kappa shape index (κ3) is 2.10. The maximum atomic E-state index is 9.29. The molecule has 1 aliphatic carbocycles. The lowest BCUT2D eigenvalue weighted by atomic mass is 9.68. The van der Waals surface area contributed by atoms with Crippen molar-refractivity contribution >= 4 is 0 Å². The van der Waals surface area contributed by atoms with Crippen LogP contribution >= 0.6 is 0 Å². The van der Waals surface area contributed by atoms with E-state index in [1.165, 1.54) is 32.1 Å². The van der Waals surface area contributed by atoms with E-state index in [1.807, 2.05) is 0 Å². The molecule has 1 saturated carbocycles. The number of rotatable bonds is 3. The van der Waals surface area contributed by atoms with Crippen LogP contribution in [0.1, 0.15) is 32.1 Å². The second kappa shape index (κ2) is 4.17. The Morgan fingerprint density at radius 1 is 1.14 bits per heavy atom. The van der Waals surface area contributed by atoms with E-state index in [0.29, 0.717) is 12.0 Å². The monoisotopic (exact) mass is 199 g/mol. The summed E-state index contributed by atoms with van der Waals surface area (Å²) in [5.74, 6) is 0. The lowest BCUT2D eigenvalue weighted by Crippen LogP contribution is -2.58. The Morgan fingerprint density at radius 2 is 1.79 bits per heavy atom. The van der Waals surface area contributed by atoms with E-state index in [-0.39, 0.29) is 6.61 Å². The average molecular weight is 199 g/mol. The van der Waals surface area contributed by atoms with Crippen LogP contribution in [0.5, 0.6) is 0 Å². The van der Waals surface area contributed by atoms with Gasteiger partial charge < -0.3 is 10.2 Å². The van der Waals surface area contributed by atoms with Crippen molar-refractivity contribution in [3.8, 4) is 0 Å². The van der Waals surface area contributed by atoms with Gasteiger partial charge in [-0.1, -0.05) is 19.3 Å². The third-order valence-corrected chi connectivity index (χ3v) is 3.71. The maximum absolute atomic E-state index is 9.29. The lowest BCUT2D eigenvalue weighted by Gasteiger charge is -2.53. The van der Waals surface area contributed by atoms with Crippen molar-refractivity contribution in [2.75, 3.05) is 26.2 Å². The molecule has 1 aliphatic heterocycles. The highest BCUT2D eigenvalue weighted by molar-refractivity contribution is 4.96. The van der Waals surface area contributed by atoms with E-state index in [0.717, 1.165) is 13.1 Å². The van der Waals surface area contributed by atoms with Crippen LogP contribution < -0.4 is 0 Å². The van der Waals surface area contributed by atoms with E-state index in [9.17, 15) is 5.11 Å². The van der Waals surface area contributed by atoms with Crippen molar-refractivity contribution in [2.24, 2.45) is 5.41 Å². The number of hydrogen-bond acceptors (Lipinski definition) is 3. The molecule has 2 N–H and O–H groups in total. The Kier molecular flexibility index (Phi) is 3.10. The molecule has 1 unspecified atom stereocenters. The minimum absolute atomic E-state index is 0.108. The van der Waals surface area contributed by atoms with E-state index in [1.54, 1.807) is 0 Å². The normalized spacial score (nSPS) is 28.7. The number of nitrogens with zero attached hydrogens (tertiary/aromatic N) is 1. The van der Waals surface area contributed by atoms with Crippen LogP contribution in [-0.2, 0) is 0 Å². The summed E-state index contributed by atoms with van der Waals surface area (Å²) in [6, 6.07) is 0. The minimum atomic E-state index is -0.545. The first-order valence-corrected chi connectivity index (χ1v) is 5.75. The fourth-order valence-electron chi connectivity index (χ4n) is 3.01. The Hall–Kier alpha value is -0.120. The van der Waals surface area contributed by atoms with Gasteiger partial charge >= 0.3 is 0 Å². The minimum Gasteiger partial charge on any atom is -0.394 e. The summed E-state index contributed by atoms with van der Waals surface area (Å²) in [7, 11) is 0. The van der Waals surface area contributed by atoms with Gasteiger partial charge in [-0.25, -0.2) is 0 Å². The summed E-state index contributed by atoms with van der Waals surface area (Å²) < 4.78 is 0. The molecule has 2 aliphatic rings. The van der Waals surface area contributed by atoms with Gasteiger partial charge in [0.2, 0.25) is 0 Å². The molecule has 0 aromatic rings. The lowest BCUT2D eigenvalue weighted by molar-refractivity contribution is -0.0566. The van der Waals surface area contributed by atoms with Crippen molar-refractivity contribution in [3.05, 3.63) is 0 Å². The van der Waals surface area contributed by atoms with E-state index < -0.39 is 6.10 Å². The molecule has 1 heterocycles. The molecule has 0 aromatic heterocycles. The first kappa shape index (κ1) is 10.4. The largest absolute Gasteiger partial charge is 0.394 e. The number of aliphatic hydroxyl groups excluding tert-OH is 2. The average Bonchev–Trinajstić information content (AvgIpc) is 2.17. The molecule has 0 bridgehead atoms. The summed E-state index contributed by atoms with van der Waals surface area (Å²) in [4.78, 5) is 2.27. The maximum Gasteiger partial charge on any atom is 0.0897 e. The van der Waals surface area contributed by atoms with Gasteiger partial charge in [-0.15, -0.1) is 0 Å². The highest BCUT2D eigenvalue weighted by atomic mass is 16.3. The van der Waals surface area contributed by atoms with Gasteiger partial charge in [0.05, 0.1) is 12.7 Å². The zero-order chi connectivity index (χ0) is 10.0. The second-order valence-electron chi connectivity index (χ2n) is 5.07. The summed E-state index contributed by atoms with van der Waals surface area (Å²) in [6.45, 7) is 2.83. The Morgan fingerprint density at radius 3 is 2.36 bits per heavy atom. The van der Waals surface area contributed by atoms with Crippen LogP contribution in [0.4, 0.5) is 0 Å². The predicted molar refractivity (Wildman–Crippen MR) is 55.1 cm³/mol. The van der Waals surface area contributed by atoms with E-state index in [2.05, 4.69) is 4.90 Å². The molecule has 0 amide bonds. The van der Waals surface area contributed by atoms with Gasteiger partial charge in [0.1, 0.15) is 0 Å². The first-order valence-electron chi connectivity index (χ1n) is 5.75. The predicted octanol–water partition coefficient (Wildman–Crippen LogP) is 0.606. The molecule has 0 aromatic carbocycles. The van der Waals surface area contributed by atoms with Crippen LogP contribution in [0.15, 0.2) is 0 Å². The van der Waals surface area contributed by atoms with Gasteiger partial charge in [-0.3, -0.25) is 4.90 Å². The molecule has 3 heteroatoms. The van der Waals surface area contributed by atoms with Crippen molar-refractivity contribution in [2.45, 2.75) is 38.2 Å². The van der Waals surface area contributed by atoms with Gasteiger partial charge in [0.25, 0.3) is 0 Å². The molecule has 14 heavy (non-hydrogen) atoms. The fraction of sp³-hybridized carbons (Fsp3) is 1.00. The van der Waals surface area contributed by atoms with Crippen LogP contribution in [0.25, 0.3) is 0 Å². The quantitative estimate of drug-likeness (QED) is 0.700. The van der Waals surface area contributed by atoms with Gasteiger partial charge in [-0.2, -0.15) is 0 Å². The van der Waals surface area contributed by atoms with Crippen LogP contribution in [0, 0.1) is 5.41 Å². The van der Waals surface area contributed by atoms with E-state index in [4.69, 9.17) is 5.11 Å². The standard InChI is InChI=1S/C11H21NO2/c13-7-10(14)6-12-8-11(9-12)4-2-1-3-5-11/h10,13-14H,1-9H2. The fourth-order valence-corrected chi connectivity index (χ4v) is 3.01. The highest BCUT2D eigenvalue weighted by Gasteiger charge is 2.43. The van der Waals surface area contributed by atoms with Crippen molar-refractivity contribution in [1.29, 1.82) is 0 Å². The zero-order valence-electron chi connectivity index (χ0n) is 8.78. The molecule has 82 valence electrons. The summed E-state index contributed by atoms with van der Waals surface area (Å²) in [5.41, 5.74) is 0.591. The number of β-amino-alcohol motifs (C(OH)–C–C–N with tert-alkyl or cyclic N) is 1. The smallest absolute Gasteiger partial charge is 0.0897 e. The Labute approximate surface area is 85.7 Å². The summed E-state index contributed by atoms with van der Waals surface area (Å²) >= 11 is 0. The van der Waals surface area contributed by atoms with Crippen molar-refractivity contribution in [3.63, 3.8) is 0 Å². The Balaban J connectivity index is 1.72. The summed E-state index contributed by atoms with van der Waals surface area (Å²) in [5, 5.41) is 18.0.